The molecule has 2 aromatic heterocycles. The van der Waals surface area contributed by atoms with E-state index in [0.717, 1.165) is 4.90 Å². The maximum atomic E-state index is 12.2. The molecule has 110 valence electrons. The van der Waals surface area contributed by atoms with Gasteiger partial charge in [-0.25, -0.2) is 9.78 Å². The first-order chi connectivity index (χ1) is 10.8. The molecule has 0 saturated carbocycles. The highest BCUT2D eigenvalue weighted by atomic mass is 32.2. The predicted octanol–water partition coefficient (Wildman–Crippen LogP) is 3.44. The van der Waals surface area contributed by atoms with Gasteiger partial charge in [0.15, 0.2) is 5.01 Å². The summed E-state index contributed by atoms with van der Waals surface area (Å²) < 4.78 is 5.27. The average Bonchev–Trinajstić information content (AvgIpc) is 3.08. The van der Waals surface area contributed by atoms with E-state index in [-0.39, 0.29) is 6.61 Å². The maximum absolute atomic E-state index is 12.2. The number of carbonyl (C=O) groups excluding carboxylic acids is 1. The highest BCUT2D eigenvalue weighted by Gasteiger charge is 2.15. The number of rotatable bonds is 5. The third-order valence-electron chi connectivity index (χ3n) is 2.68. The van der Waals surface area contributed by atoms with Crippen molar-refractivity contribution >= 4 is 29.1 Å². The minimum Gasteiger partial charge on any atom is -0.455 e. The van der Waals surface area contributed by atoms with E-state index < -0.39 is 5.97 Å². The summed E-state index contributed by atoms with van der Waals surface area (Å²) >= 11 is 2.78. The summed E-state index contributed by atoms with van der Waals surface area (Å²) in [5.41, 5.74) is 2.05. The lowest BCUT2D eigenvalue weighted by atomic mass is 10.3. The summed E-state index contributed by atoms with van der Waals surface area (Å²) in [5, 5.41) is 8.83. The summed E-state index contributed by atoms with van der Waals surface area (Å²) in [4.78, 5) is 17.5. The van der Waals surface area contributed by atoms with E-state index in [1.54, 1.807) is 23.8 Å². The monoisotopic (exact) mass is 329 g/mol. The number of hydrogen-bond acceptors (Lipinski definition) is 7. The van der Waals surface area contributed by atoms with E-state index in [1.807, 2.05) is 30.3 Å². The van der Waals surface area contributed by atoms with E-state index in [9.17, 15) is 4.79 Å². The molecule has 2 heterocycles. The zero-order valence-electron chi connectivity index (χ0n) is 11.4. The number of benzene rings is 1. The fourth-order valence-corrected chi connectivity index (χ4v) is 3.02. The van der Waals surface area contributed by atoms with E-state index in [2.05, 4.69) is 15.2 Å². The molecule has 0 bridgehead atoms. The molecule has 22 heavy (non-hydrogen) atoms. The van der Waals surface area contributed by atoms with Crippen molar-refractivity contribution in [2.24, 2.45) is 0 Å². The predicted molar refractivity (Wildman–Crippen MR) is 83.8 cm³/mol. The average molecular weight is 329 g/mol. The Kier molecular flexibility index (Phi) is 4.77. The highest BCUT2D eigenvalue weighted by molar-refractivity contribution is 7.99. The smallest absolute Gasteiger partial charge is 0.341 e. The molecule has 0 N–H and O–H groups in total. The first kappa shape index (κ1) is 14.7. The molecular weight excluding hydrogens is 318 g/mol. The molecular formula is C15H11N3O2S2. The van der Waals surface area contributed by atoms with E-state index in [0.29, 0.717) is 15.6 Å². The second-order valence-electron chi connectivity index (χ2n) is 4.18. The Hall–Kier alpha value is -2.25. The van der Waals surface area contributed by atoms with Crippen LogP contribution in [0.5, 0.6) is 0 Å². The third kappa shape index (κ3) is 3.69. The van der Waals surface area contributed by atoms with Crippen molar-refractivity contribution in [3.8, 4) is 0 Å². The Morgan fingerprint density at radius 1 is 1.18 bits per heavy atom. The molecule has 0 fully saturated rings. The molecule has 0 unspecified atom stereocenters. The topological polar surface area (TPSA) is 65.0 Å². The molecule has 0 atom stereocenters. The van der Waals surface area contributed by atoms with Crippen LogP contribution in [0.25, 0.3) is 0 Å². The van der Waals surface area contributed by atoms with Crippen molar-refractivity contribution in [3.63, 3.8) is 0 Å². The quantitative estimate of drug-likeness (QED) is 0.668. The van der Waals surface area contributed by atoms with Gasteiger partial charge in [-0.2, -0.15) is 0 Å². The number of carbonyl (C=O) groups is 1. The van der Waals surface area contributed by atoms with Gasteiger partial charge < -0.3 is 4.74 Å². The third-order valence-corrected chi connectivity index (χ3v) is 4.38. The summed E-state index contributed by atoms with van der Waals surface area (Å²) in [7, 11) is 0. The zero-order valence-corrected chi connectivity index (χ0v) is 13.0. The number of pyridine rings is 1. The molecule has 0 spiro atoms. The molecule has 3 aromatic rings. The Bertz CT molecular complexity index is 748. The molecule has 0 radical (unpaired) electrons. The normalized spacial score (nSPS) is 10.4. The Labute approximate surface area is 135 Å². The van der Waals surface area contributed by atoms with Crippen LogP contribution >= 0.6 is 23.1 Å². The van der Waals surface area contributed by atoms with E-state index in [1.165, 1.54) is 23.1 Å². The minimum absolute atomic E-state index is 0.119. The molecule has 1 aromatic carbocycles. The van der Waals surface area contributed by atoms with Crippen LogP contribution in [0.15, 0.2) is 64.1 Å². The Morgan fingerprint density at radius 3 is 2.82 bits per heavy atom. The van der Waals surface area contributed by atoms with Crippen molar-refractivity contribution in [1.82, 2.24) is 15.2 Å². The van der Waals surface area contributed by atoms with Gasteiger partial charge in [-0.05, 0) is 24.3 Å². The summed E-state index contributed by atoms with van der Waals surface area (Å²) in [6, 6.07) is 13.2. The van der Waals surface area contributed by atoms with Crippen LogP contribution in [0, 0.1) is 0 Å². The number of aromatic nitrogens is 3. The first-order valence-electron chi connectivity index (χ1n) is 6.43. The van der Waals surface area contributed by atoms with Crippen molar-refractivity contribution in [1.29, 1.82) is 0 Å². The van der Waals surface area contributed by atoms with Crippen LogP contribution in [0.3, 0.4) is 0 Å². The molecule has 3 rings (SSSR count). The van der Waals surface area contributed by atoms with Crippen LogP contribution in [-0.2, 0) is 11.3 Å². The first-order valence-corrected chi connectivity index (χ1v) is 8.12. The largest absolute Gasteiger partial charge is 0.455 e. The van der Waals surface area contributed by atoms with E-state index >= 15 is 0 Å². The van der Waals surface area contributed by atoms with Gasteiger partial charge >= 0.3 is 5.97 Å². The number of nitrogens with zero attached hydrogens (tertiary/aromatic N) is 3. The summed E-state index contributed by atoms with van der Waals surface area (Å²) in [6.07, 6.45) is 1.66. The van der Waals surface area contributed by atoms with Gasteiger partial charge in [0, 0.05) is 11.1 Å². The van der Waals surface area contributed by atoms with E-state index in [4.69, 9.17) is 4.74 Å². The van der Waals surface area contributed by atoms with Crippen LogP contribution in [-0.4, -0.2) is 21.2 Å². The van der Waals surface area contributed by atoms with Gasteiger partial charge in [-0.3, -0.25) is 0 Å². The van der Waals surface area contributed by atoms with Crippen LogP contribution < -0.4 is 0 Å². The molecule has 7 heteroatoms. The van der Waals surface area contributed by atoms with Crippen LogP contribution in [0.1, 0.15) is 15.4 Å². The second kappa shape index (κ2) is 7.15. The van der Waals surface area contributed by atoms with Gasteiger partial charge in [0.05, 0.1) is 5.56 Å². The van der Waals surface area contributed by atoms with Gasteiger partial charge in [-0.1, -0.05) is 30.0 Å². The molecule has 0 aliphatic heterocycles. The molecule has 0 saturated heterocycles. The van der Waals surface area contributed by atoms with Crippen molar-refractivity contribution in [3.05, 3.63) is 64.7 Å². The molecule has 0 aliphatic rings. The fourth-order valence-electron chi connectivity index (χ4n) is 1.69. The number of esters is 1. The van der Waals surface area contributed by atoms with Crippen LogP contribution in [0.4, 0.5) is 0 Å². The highest BCUT2D eigenvalue weighted by Crippen LogP contribution is 2.28. The minimum atomic E-state index is -0.415. The lowest BCUT2D eigenvalue weighted by Crippen LogP contribution is -2.07. The summed E-state index contributed by atoms with van der Waals surface area (Å²) in [5.74, 6) is -0.415. The van der Waals surface area contributed by atoms with Crippen molar-refractivity contribution in [2.45, 2.75) is 16.5 Å². The molecule has 0 amide bonds. The maximum Gasteiger partial charge on any atom is 0.341 e. The molecule has 0 aliphatic carbocycles. The lowest BCUT2D eigenvalue weighted by Gasteiger charge is -2.07. The number of ether oxygens (including phenoxy) is 1. The Balaban J connectivity index is 1.74. The Morgan fingerprint density at radius 2 is 2.05 bits per heavy atom. The number of hydrogen-bond donors (Lipinski definition) is 0. The standard InChI is InChI=1S/C15H11N3O2S2/c19-15(20-9-13-18-17-10-21-13)12-7-4-8-16-14(12)22-11-5-2-1-3-6-11/h1-8,10H,9H2. The van der Waals surface area contributed by atoms with Crippen molar-refractivity contribution in [2.75, 3.05) is 0 Å². The van der Waals surface area contributed by atoms with Crippen LogP contribution in [0.2, 0.25) is 0 Å². The van der Waals surface area contributed by atoms with Gasteiger partial charge in [0.2, 0.25) is 0 Å². The van der Waals surface area contributed by atoms with Gasteiger partial charge in [0.25, 0.3) is 0 Å². The second-order valence-corrected chi connectivity index (χ2v) is 6.16. The SMILES string of the molecule is O=C(OCc1nncs1)c1cccnc1Sc1ccccc1. The molecule has 5 nitrogen and oxygen atoms in total. The zero-order chi connectivity index (χ0) is 15.2. The summed E-state index contributed by atoms with van der Waals surface area (Å²) in [6.45, 7) is 0.119. The van der Waals surface area contributed by atoms with Gasteiger partial charge in [0.1, 0.15) is 17.1 Å². The van der Waals surface area contributed by atoms with Crippen molar-refractivity contribution < 1.29 is 9.53 Å². The fraction of sp³-hybridized carbons (Fsp3) is 0.0667. The lowest BCUT2D eigenvalue weighted by molar-refractivity contribution is 0.0466. The van der Waals surface area contributed by atoms with Gasteiger partial charge in [-0.15, -0.1) is 21.5 Å².